The monoisotopic (exact) mass is 345 g/mol. The van der Waals surface area contributed by atoms with Crippen LogP contribution in [-0.4, -0.2) is 53.0 Å². The number of pyridine rings is 1. The van der Waals surface area contributed by atoms with E-state index >= 15 is 0 Å². The summed E-state index contributed by atoms with van der Waals surface area (Å²) >= 11 is 1.44. The number of aryl methyl sites for hydroxylation is 1. The van der Waals surface area contributed by atoms with Crippen LogP contribution in [0.5, 0.6) is 0 Å². The zero-order valence-corrected chi connectivity index (χ0v) is 14.9. The highest BCUT2D eigenvalue weighted by Gasteiger charge is 2.25. The van der Waals surface area contributed by atoms with E-state index in [-0.39, 0.29) is 11.9 Å². The standard InChI is InChI=1S/C17H23N5OS/c1-13-12-18-5-4-15(13)22-8-3-7-21(9-10-22)14(2)16(23)20-17-19-6-11-24-17/h4-6,11-12,14H,3,7-10H2,1-2H3,(H,19,20,23)/t14-/m1/s1. The van der Waals surface area contributed by atoms with Gasteiger partial charge in [-0.05, 0) is 31.9 Å². The minimum atomic E-state index is -0.160. The highest BCUT2D eigenvalue weighted by Crippen LogP contribution is 2.21. The van der Waals surface area contributed by atoms with Crippen molar-refractivity contribution in [2.75, 3.05) is 36.4 Å². The maximum atomic E-state index is 12.4. The third kappa shape index (κ3) is 3.91. The van der Waals surface area contributed by atoms with Gasteiger partial charge in [0.05, 0.1) is 6.04 Å². The minimum absolute atomic E-state index is 0.0125. The first-order valence-corrected chi connectivity index (χ1v) is 9.13. The van der Waals surface area contributed by atoms with Gasteiger partial charge in [0.1, 0.15) is 0 Å². The summed E-state index contributed by atoms with van der Waals surface area (Å²) in [7, 11) is 0. The number of hydrogen-bond donors (Lipinski definition) is 1. The summed E-state index contributed by atoms with van der Waals surface area (Å²) in [5.74, 6) is 0.0125. The van der Waals surface area contributed by atoms with Crippen molar-refractivity contribution in [3.8, 4) is 0 Å². The number of aromatic nitrogens is 2. The van der Waals surface area contributed by atoms with Crippen LogP contribution in [-0.2, 0) is 4.79 Å². The second kappa shape index (κ2) is 7.72. The van der Waals surface area contributed by atoms with E-state index in [9.17, 15) is 4.79 Å². The van der Waals surface area contributed by atoms with Crippen molar-refractivity contribution in [2.45, 2.75) is 26.3 Å². The number of carbonyl (C=O) groups excluding carboxylic acids is 1. The van der Waals surface area contributed by atoms with E-state index in [0.717, 1.165) is 32.6 Å². The molecule has 3 heterocycles. The first-order chi connectivity index (χ1) is 11.6. The zero-order chi connectivity index (χ0) is 16.9. The van der Waals surface area contributed by atoms with E-state index in [2.05, 4.69) is 38.1 Å². The van der Waals surface area contributed by atoms with Gasteiger partial charge in [-0.15, -0.1) is 11.3 Å². The molecule has 1 N–H and O–H groups in total. The first kappa shape index (κ1) is 16.9. The fraction of sp³-hybridized carbons (Fsp3) is 0.471. The zero-order valence-electron chi connectivity index (χ0n) is 14.1. The number of carbonyl (C=O) groups is 1. The number of amides is 1. The molecule has 3 rings (SSSR count). The van der Waals surface area contributed by atoms with Crippen LogP contribution in [0.2, 0.25) is 0 Å². The molecule has 128 valence electrons. The van der Waals surface area contributed by atoms with Gasteiger partial charge in [-0.2, -0.15) is 0 Å². The van der Waals surface area contributed by atoms with E-state index in [1.165, 1.54) is 22.6 Å². The first-order valence-electron chi connectivity index (χ1n) is 8.25. The van der Waals surface area contributed by atoms with E-state index in [0.29, 0.717) is 5.13 Å². The van der Waals surface area contributed by atoms with Crippen molar-refractivity contribution in [3.63, 3.8) is 0 Å². The summed E-state index contributed by atoms with van der Waals surface area (Å²) in [4.78, 5) is 25.3. The van der Waals surface area contributed by atoms with Gasteiger partial charge in [0.2, 0.25) is 5.91 Å². The molecule has 1 atom stereocenters. The molecule has 2 aromatic heterocycles. The summed E-state index contributed by atoms with van der Waals surface area (Å²) in [6.07, 6.45) is 6.49. The highest BCUT2D eigenvalue weighted by molar-refractivity contribution is 7.13. The second-order valence-corrected chi connectivity index (χ2v) is 6.94. The predicted octanol–water partition coefficient (Wildman–Crippen LogP) is 2.39. The normalized spacial score (nSPS) is 17.3. The summed E-state index contributed by atoms with van der Waals surface area (Å²) in [5, 5.41) is 5.42. The van der Waals surface area contributed by atoms with Gasteiger partial charge in [0, 0.05) is 55.8 Å². The maximum Gasteiger partial charge on any atom is 0.243 e. The lowest BCUT2D eigenvalue weighted by Crippen LogP contribution is -2.44. The molecule has 1 aliphatic rings. The van der Waals surface area contributed by atoms with Crippen LogP contribution in [0.25, 0.3) is 0 Å². The van der Waals surface area contributed by atoms with E-state index in [1.54, 1.807) is 6.20 Å². The molecule has 0 spiro atoms. The Labute approximate surface area is 146 Å². The average Bonchev–Trinajstić information content (AvgIpc) is 2.97. The molecular formula is C17H23N5OS. The van der Waals surface area contributed by atoms with E-state index in [4.69, 9.17) is 0 Å². The number of hydrogen-bond acceptors (Lipinski definition) is 6. The molecule has 2 aromatic rings. The lowest BCUT2D eigenvalue weighted by Gasteiger charge is -2.27. The fourth-order valence-electron chi connectivity index (χ4n) is 3.05. The molecule has 1 saturated heterocycles. The molecule has 0 radical (unpaired) electrons. The van der Waals surface area contributed by atoms with Gasteiger partial charge in [0.15, 0.2) is 5.13 Å². The summed E-state index contributed by atoms with van der Waals surface area (Å²) in [5.41, 5.74) is 2.44. The van der Waals surface area contributed by atoms with Gasteiger partial charge in [-0.3, -0.25) is 14.7 Å². The highest BCUT2D eigenvalue weighted by atomic mass is 32.1. The van der Waals surface area contributed by atoms with Crippen molar-refractivity contribution >= 4 is 28.1 Å². The number of thiazole rings is 1. The van der Waals surface area contributed by atoms with Crippen LogP contribution >= 0.6 is 11.3 Å². The number of rotatable bonds is 4. The van der Waals surface area contributed by atoms with Crippen LogP contribution in [0.4, 0.5) is 10.8 Å². The lowest BCUT2D eigenvalue weighted by molar-refractivity contribution is -0.120. The summed E-state index contributed by atoms with van der Waals surface area (Å²) < 4.78 is 0. The molecule has 24 heavy (non-hydrogen) atoms. The topological polar surface area (TPSA) is 61.4 Å². The third-order valence-corrected chi connectivity index (χ3v) is 5.14. The molecule has 1 fully saturated rings. The van der Waals surface area contributed by atoms with Crippen molar-refractivity contribution in [3.05, 3.63) is 35.6 Å². The minimum Gasteiger partial charge on any atom is -0.370 e. The lowest BCUT2D eigenvalue weighted by atomic mass is 10.2. The molecular weight excluding hydrogens is 322 g/mol. The van der Waals surface area contributed by atoms with Gasteiger partial charge in [-0.25, -0.2) is 4.98 Å². The Kier molecular flexibility index (Phi) is 5.42. The van der Waals surface area contributed by atoms with Crippen LogP contribution in [0.3, 0.4) is 0 Å². The Morgan fingerprint density at radius 2 is 2.17 bits per heavy atom. The van der Waals surface area contributed by atoms with Crippen LogP contribution in [0.15, 0.2) is 30.0 Å². The Hall–Kier alpha value is -1.99. The van der Waals surface area contributed by atoms with Gasteiger partial charge in [0.25, 0.3) is 0 Å². The number of nitrogens with zero attached hydrogens (tertiary/aromatic N) is 4. The molecule has 7 heteroatoms. The molecule has 1 amide bonds. The molecule has 1 aliphatic heterocycles. The van der Waals surface area contributed by atoms with Gasteiger partial charge in [-0.1, -0.05) is 0 Å². The van der Waals surface area contributed by atoms with E-state index in [1.807, 2.05) is 24.7 Å². The molecule has 0 aliphatic carbocycles. The number of nitrogens with one attached hydrogen (secondary N) is 1. The quantitative estimate of drug-likeness (QED) is 0.922. The van der Waals surface area contributed by atoms with Crippen LogP contribution < -0.4 is 10.2 Å². The fourth-order valence-corrected chi connectivity index (χ4v) is 3.58. The largest absolute Gasteiger partial charge is 0.370 e. The van der Waals surface area contributed by atoms with E-state index < -0.39 is 0 Å². The van der Waals surface area contributed by atoms with Gasteiger partial charge >= 0.3 is 0 Å². The predicted molar refractivity (Wildman–Crippen MR) is 97.6 cm³/mol. The molecule has 0 saturated carbocycles. The van der Waals surface area contributed by atoms with Crippen molar-refractivity contribution in [1.29, 1.82) is 0 Å². The molecule has 6 nitrogen and oxygen atoms in total. The average molecular weight is 345 g/mol. The van der Waals surface area contributed by atoms with Crippen molar-refractivity contribution in [1.82, 2.24) is 14.9 Å². The Balaban J connectivity index is 1.60. The number of anilines is 2. The smallest absolute Gasteiger partial charge is 0.243 e. The Morgan fingerprint density at radius 3 is 2.92 bits per heavy atom. The molecule has 0 bridgehead atoms. The van der Waals surface area contributed by atoms with Crippen LogP contribution in [0.1, 0.15) is 18.9 Å². The third-order valence-electron chi connectivity index (χ3n) is 4.45. The van der Waals surface area contributed by atoms with Crippen LogP contribution in [0, 0.1) is 6.92 Å². The molecule has 0 aromatic carbocycles. The summed E-state index contributed by atoms with van der Waals surface area (Å²) in [6, 6.07) is 1.91. The second-order valence-electron chi connectivity index (χ2n) is 6.04. The summed E-state index contributed by atoms with van der Waals surface area (Å²) in [6.45, 7) is 7.77. The van der Waals surface area contributed by atoms with Gasteiger partial charge < -0.3 is 10.2 Å². The van der Waals surface area contributed by atoms with Crippen molar-refractivity contribution < 1.29 is 4.79 Å². The SMILES string of the molecule is Cc1cnccc1N1CCCN([C@H](C)C(=O)Nc2nccs2)CC1. The molecule has 0 unspecified atom stereocenters. The van der Waals surface area contributed by atoms with Crippen molar-refractivity contribution in [2.24, 2.45) is 0 Å². The maximum absolute atomic E-state index is 12.4. The Bertz CT molecular complexity index is 675. The Morgan fingerprint density at radius 1 is 1.29 bits per heavy atom.